The van der Waals surface area contributed by atoms with Crippen LogP contribution in [0.4, 0.5) is 0 Å². The van der Waals surface area contributed by atoms with Gasteiger partial charge in [-0.2, -0.15) is 12.6 Å². The number of piperidine rings is 1. The topological polar surface area (TPSA) is 24.9 Å². The van der Waals surface area contributed by atoms with Crippen molar-refractivity contribution in [3.8, 4) is 0 Å². The number of rotatable bonds is 6. The molecule has 4 aliphatic rings. The normalized spacial score (nSPS) is 38.3. The lowest BCUT2D eigenvalue weighted by Gasteiger charge is -2.46. The first-order chi connectivity index (χ1) is 12.1. The van der Waals surface area contributed by atoms with E-state index >= 15 is 0 Å². The summed E-state index contributed by atoms with van der Waals surface area (Å²) in [6.07, 6.45) is 4.14. The Morgan fingerprint density at radius 3 is 2.16 bits per heavy atom. The first kappa shape index (κ1) is 18.5. The first-order valence-electron chi connectivity index (χ1n) is 10.4. The number of nitrogens with zero attached hydrogens (tertiary/aromatic N) is 2. The molecule has 0 aromatic rings. The molecule has 0 spiro atoms. The summed E-state index contributed by atoms with van der Waals surface area (Å²) < 4.78 is 10.8. The van der Waals surface area contributed by atoms with Gasteiger partial charge in [0.15, 0.2) is 0 Å². The van der Waals surface area contributed by atoms with E-state index in [0.29, 0.717) is 11.3 Å². The van der Waals surface area contributed by atoms with Gasteiger partial charge in [-0.3, -0.25) is 9.80 Å². The van der Waals surface area contributed by atoms with Crippen molar-refractivity contribution >= 4 is 12.6 Å². The summed E-state index contributed by atoms with van der Waals surface area (Å²) in [5.74, 6) is 3.30. The third-order valence-electron chi connectivity index (χ3n) is 7.32. The molecule has 0 bridgehead atoms. The van der Waals surface area contributed by atoms with Gasteiger partial charge in [0, 0.05) is 24.9 Å². The van der Waals surface area contributed by atoms with Gasteiger partial charge in [-0.25, -0.2) is 0 Å². The van der Waals surface area contributed by atoms with Crippen molar-refractivity contribution < 1.29 is 9.47 Å². The summed E-state index contributed by atoms with van der Waals surface area (Å²) >= 11 is 4.79. The second kappa shape index (κ2) is 8.05. The lowest BCUT2D eigenvalue weighted by Crippen LogP contribution is -2.55. The second-order valence-corrected chi connectivity index (χ2v) is 10.0. The summed E-state index contributed by atoms with van der Waals surface area (Å²) in [7, 11) is 0. The van der Waals surface area contributed by atoms with Gasteiger partial charge in [-0.15, -0.1) is 0 Å². The van der Waals surface area contributed by atoms with Crippen LogP contribution in [0.1, 0.15) is 33.1 Å². The van der Waals surface area contributed by atoms with Gasteiger partial charge < -0.3 is 9.47 Å². The van der Waals surface area contributed by atoms with Gasteiger partial charge in [-0.1, -0.05) is 13.8 Å². The van der Waals surface area contributed by atoms with Gasteiger partial charge in [0.1, 0.15) is 0 Å². The largest absolute Gasteiger partial charge is 0.378 e. The number of hydrogen-bond acceptors (Lipinski definition) is 5. The van der Waals surface area contributed by atoms with Crippen molar-refractivity contribution in [1.29, 1.82) is 0 Å². The molecular formula is C20H36N2O2S. The third-order valence-corrected chi connectivity index (χ3v) is 7.74. The molecule has 4 heterocycles. The molecule has 0 aromatic carbocycles. The zero-order valence-electron chi connectivity index (χ0n) is 16.0. The number of thiol groups is 1. The molecule has 4 rings (SSSR count). The fourth-order valence-electron chi connectivity index (χ4n) is 5.30. The zero-order chi connectivity index (χ0) is 17.4. The monoisotopic (exact) mass is 368 g/mol. The minimum Gasteiger partial charge on any atom is -0.378 e. The van der Waals surface area contributed by atoms with E-state index in [-0.39, 0.29) is 0 Å². The van der Waals surface area contributed by atoms with Crippen molar-refractivity contribution in [3.05, 3.63) is 0 Å². The van der Waals surface area contributed by atoms with Gasteiger partial charge in [0.05, 0.1) is 38.5 Å². The smallest absolute Gasteiger partial charge is 0.0645 e. The van der Waals surface area contributed by atoms with Crippen molar-refractivity contribution in [2.24, 2.45) is 23.7 Å². The Bertz CT molecular complexity index is 441. The highest BCUT2D eigenvalue weighted by Crippen LogP contribution is 2.36. The van der Waals surface area contributed by atoms with Crippen LogP contribution >= 0.6 is 12.6 Å². The highest BCUT2D eigenvalue weighted by Gasteiger charge is 2.38. The van der Waals surface area contributed by atoms with E-state index in [4.69, 9.17) is 22.1 Å². The Hall–Kier alpha value is 0.190. The van der Waals surface area contributed by atoms with E-state index in [0.717, 1.165) is 56.1 Å². The minimum atomic E-state index is 0.502. The Morgan fingerprint density at radius 2 is 1.56 bits per heavy atom. The fourth-order valence-corrected chi connectivity index (χ4v) is 5.52. The molecule has 0 aliphatic carbocycles. The van der Waals surface area contributed by atoms with Gasteiger partial charge >= 0.3 is 0 Å². The number of ether oxygens (including phenoxy) is 2. The van der Waals surface area contributed by atoms with Crippen LogP contribution < -0.4 is 0 Å². The Balaban J connectivity index is 1.30. The molecule has 0 saturated carbocycles. The lowest BCUT2D eigenvalue weighted by atomic mass is 9.78. The highest BCUT2D eigenvalue weighted by molar-refractivity contribution is 7.80. The van der Waals surface area contributed by atoms with E-state index in [1.54, 1.807) is 0 Å². The Morgan fingerprint density at radius 1 is 0.920 bits per heavy atom. The third kappa shape index (κ3) is 4.21. The molecule has 144 valence electrons. The number of hydrogen-bond donors (Lipinski definition) is 1. The molecule has 4 saturated heterocycles. The van der Waals surface area contributed by atoms with Crippen LogP contribution in [0.15, 0.2) is 0 Å². The average Bonchev–Trinajstić information content (AvgIpc) is 2.92. The SMILES string of the molecule is CC(S)[C@@H]1CC(CC(C)[C@H]2CCN(C3COC3)C2)CN(C2COC2)C1. The summed E-state index contributed by atoms with van der Waals surface area (Å²) in [6, 6.07) is 1.39. The molecule has 4 nitrogen and oxygen atoms in total. The molecule has 0 amide bonds. The van der Waals surface area contributed by atoms with Gasteiger partial charge in [-0.05, 0) is 49.5 Å². The number of likely N-dealkylation sites (tertiary alicyclic amines) is 2. The molecule has 0 N–H and O–H groups in total. The van der Waals surface area contributed by atoms with Gasteiger partial charge in [0.25, 0.3) is 0 Å². The van der Waals surface area contributed by atoms with Crippen LogP contribution in [0.2, 0.25) is 0 Å². The van der Waals surface area contributed by atoms with E-state index < -0.39 is 0 Å². The predicted octanol–water partition coefficient (Wildman–Crippen LogP) is 2.39. The summed E-state index contributed by atoms with van der Waals surface area (Å²) in [5, 5.41) is 0.502. The standard InChI is InChI=1S/C20H36N2O2S/c1-14(17-3-4-21(8-17)19-10-23-11-19)5-16-6-18(15(2)25)9-22(7-16)20-12-24-13-20/h14-20,25H,3-13H2,1-2H3/t14?,15?,16?,17-,18+/m0/s1. The molecule has 0 aromatic heterocycles. The summed E-state index contributed by atoms with van der Waals surface area (Å²) in [5.41, 5.74) is 0. The van der Waals surface area contributed by atoms with Gasteiger partial charge in [0.2, 0.25) is 0 Å². The van der Waals surface area contributed by atoms with E-state index in [9.17, 15) is 0 Å². The maximum atomic E-state index is 5.46. The molecule has 4 fully saturated rings. The molecule has 4 aliphatic heterocycles. The van der Waals surface area contributed by atoms with Crippen LogP contribution in [0.25, 0.3) is 0 Å². The van der Waals surface area contributed by atoms with Crippen molar-refractivity contribution in [1.82, 2.24) is 9.80 Å². The molecule has 25 heavy (non-hydrogen) atoms. The van der Waals surface area contributed by atoms with Crippen LogP contribution in [-0.4, -0.2) is 79.7 Å². The molecule has 0 radical (unpaired) electrons. The summed E-state index contributed by atoms with van der Waals surface area (Å²) in [6.45, 7) is 13.7. The van der Waals surface area contributed by atoms with Crippen molar-refractivity contribution in [3.63, 3.8) is 0 Å². The average molecular weight is 369 g/mol. The van der Waals surface area contributed by atoms with Crippen LogP contribution in [0.5, 0.6) is 0 Å². The highest BCUT2D eigenvalue weighted by atomic mass is 32.1. The van der Waals surface area contributed by atoms with Crippen molar-refractivity contribution in [2.45, 2.75) is 50.4 Å². The Kier molecular flexibility index (Phi) is 5.98. The molecule has 5 heteroatoms. The van der Waals surface area contributed by atoms with Crippen LogP contribution in [0, 0.1) is 23.7 Å². The van der Waals surface area contributed by atoms with E-state index in [1.807, 2.05) is 0 Å². The van der Waals surface area contributed by atoms with Crippen LogP contribution in [-0.2, 0) is 9.47 Å². The van der Waals surface area contributed by atoms with Crippen molar-refractivity contribution in [2.75, 3.05) is 52.6 Å². The van der Waals surface area contributed by atoms with E-state index in [2.05, 4.69) is 23.6 Å². The first-order valence-corrected chi connectivity index (χ1v) is 10.9. The predicted molar refractivity (Wildman–Crippen MR) is 104 cm³/mol. The summed E-state index contributed by atoms with van der Waals surface area (Å²) in [4.78, 5) is 5.40. The quantitative estimate of drug-likeness (QED) is 0.728. The minimum absolute atomic E-state index is 0.502. The molecule has 5 atom stereocenters. The Labute approximate surface area is 159 Å². The maximum absolute atomic E-state index is 5.46. The lowest BCUT2D eigenvalue weighted by molar-refractivity contribution is -0.0855. The molecular weight excluding hydrogens is 332 g/mol. The second-order valence-electron chi connectivity index (χ2n) is 9.20. The molecule has 3 unspecified atom stereocenters. The van der Waals surface area contributed by atoms with Crippen LogP contribution in [0.3, 0.4) is 0 Å². The fraction of sp³-hybridized carbons (Fsp3) is 1.00. The van der Waals surface area contributed by atoms with E-state index in [1.165, 1.54) is 45.4 Å². The maximum Gasteiger partial charge on any atom is 0.0645 e. The zero-order valence-corrected chi connectivity index (χ0v) is 16.9.